The molecule has 0 bridgehead atoms. The maximum Gasteiger partial charge on any atom is 0.0292 e. The zero-order valence-electron chi connectivity index (χ0n) is 10.5. The average molecular weight is 284 g/mol. The van der Waals surface area contributed by atoms with E-state index in [1.807, 2.05) is 0 Å². The Labute approximate surface area is 108 Å². The average Bonchev–Trinajstić information content (AvgIpc) is 2.30. The lowest BCUT2D eigenvalue weighted by Gasteiger charge is -2.19. The summed E-state index contributed by atoms with van der Waals surface area (Å²) in [5.74, 6) is 0.801. The minimum atomic E-state index is 0.429. The van der Waals surface area contributed by atoms with Crippen molar-refractivity contribution in [3.63, 3.8) is 0 Å². The lowest BCUT2D eigenvalue weighted by Crippen LogP contribution is -2.25. The fourth-order valence-electron chi connectivity index (χ4n) is 1.81. The molecule has 0 radical (unpaired) electrons. The van der Waals surface area contributed by atoms with Gasteiger partial charge < -0.3 is 5.32 Å². The molecule has 0 fully saturated rings. The van der Waals surface area contributed by atoms with Gasteiger partial charge in [0, 0.05) is 10.5 Å². The van der Waals surface area contributed by atoms with Gasteiger partial charge in [-0.15, -0.1) is 0 Å². The Morgan fingerprint density at radius 1 is 1.25 bits per heavy atom. The fourth-order valence-corrected chi connectivity index (χ4v) is 2.23. The monoisotopic (exact) mass is 283 g/mol. The highest BCUT2D eigenvalue weighted by Gasteiger charge is 2.08. The summed E-state index contributed by atoms with van der Waals surface area (Å²) in [6.45, 7) is 7.87. The first-order valence-corrected chi connectivity index (χ1v) is 6.95. The molecule has 0 amide bonds. The van der Waals surface area contributed by atoms with Gasteiger partial charge in [0.2, 0.25) is 0 Å². The summed E-state index contributed by atoms with van der Waals surface area (Å²) in [6, 6.07) is 8.95. The first-order chi connectivity index (χ1) is 7.67. The number of benzene rings is 1. The van der Waals surface area contributed by atoms with Gasteiger partial charge >= 0.3 is 0 Å². The van der Waals surface area contributed by atoms with Crippen molar-refractivity contribution in [3.8, 4) is 0 Å². The van der Waals surface area contributed by atoms with Crippen molar-refractivity contribution in [2.24, 2.45) is 5.92 Å². The van der Waals surface area contributed by atoms with E-state index in [4.69, 9.17) is 0 Å². The number of hydrogen-bond acceptors (Lipinski definition) is 1. The topological polar surface area (TPSA) is 12.0 Å². The van der Waals surface area contributed by atoms with E-state index in [2.05, 4.69) is 66.3 Å². The molecule has 1 aromatic rings. The van der Waals surface area contributed by atoms with Crippen molar-refractivity contribution in [1.82, 2.24) is 5.32 Å². The second-order valence-electron chi connectivity index (χ2n) is 4.37. The molecule has 0 aliphatic rings. The van der Waals surface area contributed by atoms with E-state index in [0.29, 0.717) is 6.04 Å². The van der Waals surface area contributed by atoms with Crippen molar-refractivity contribution in [3.05, 3.63) is 34.3 Å². The zero-order chi connectivity index (χ0) is 12.0. The van der Waals surface area contributed by atoms with Gasteiger partial charge in [0.1, 0.15) is 0 Å². The third kappa shape index (κ3) is 4.26. The zero-order valence-corrected chi connectivity index (χ0v) is 12.0. The molecule has 2 heteroatoms. The molecule has 1 rings (SSSR count). The number of nitrogens with one attached hydrogen (secondary N) is 1. The van der Waals surface area contributed by atoms with E-state index in [1.54, 1.807) is 0 Å². The molecule has 0 unspecified atom stereocenters. The standard InChI is InChI=1S/C14H22BrN/c1-4-12(5-2)10-16-11(3)13-7-6-8-14(15)9-13/h6-9,11-12,16H,4-5,10H2,1-3H3/t11-/m1/s1. The molecule has 0 heterocycles. The van der Waals surface area contributed by atoms with Gasteiger partial charge in [-0.05, 0) is 37.1 Å². The van der Waals surface area contributed by atoms with Crippen molar-refractivity contribution < 1.29 is 0 Å². The Bertz CT molecular complexity index is 307. The van der Waals surface area contributed by atoms with Crippen LogP contribution in [0.25, 0.3) is 0 Å². The van der Waals surface area contributed by atoms with Gasteiger partial charge in [-0.3, -0.25) is 0 Å². The lowest BCUT2D eigenvalue weighted by molar-refractivity contribution is 0.422. The molecule has 0 aliphatic heterocycles. The Hall–Kier alpha value is -0.340. The van der Waals surface area contributed by atoms with Crippen LogP contribution in [0.5, 0.6) is 0 Å². The molecule has 1 nitrogen and oxygen atoms in total. The maximum atomic E-state index is 3.61. The Balaban J connectivity index is 2.49. The molecular weight excluding hydrogens is 262 g/mol. The van der Waals surface area contributed by atoms with Gasteiger partial charge in [0.25, 0.3) is 0 Å². The Morgan fingerprint density at radius 3 is 2.50 bits per heavy atom. The molecule has 1 aromatic carbocycles. The molecule has 1 N–H and O–H groups in total. The minimum Gasteiger partial charge on any atom is -0.310 e. The van der Waals surface area contributed by atoms with Crippen molar-refractivity contribution in [2.45, 2.75) is 39.7 Å². The van der Waals surface area contributed by atoms with Crippen LogP contribution in [0.3, 0.4) is 0 Å². The van der Waals surface area contributed by atoms with Crippen molar-refractivity contribution in [1.29, 1.82) is 0 Å². The van der Waals surface area contributed by atoms with Crippen LogP contribution in [0.2, 0.25) is 0 Å². The van der Waals surface area contributed by atoms with E-state index in [9.17, 15) is 0 Å². The van der Waals surface area contributed by atoms with Crippen LogP contribution in [0.1, 0.15) is 45.2 Å². The molecule has 90 valence electrons. The van der Waals surface area contributed by atoms with Gasteiger partial charge in [-0.25, -0.2) is 0 Å². The van der Waals surface area contributed by atoms with Crippen LogP contribution in [0, 0.1) is 5.92 Å². The van der Waals surface area contributed by atoms with Gasteiger partial charge in [-0.1, -0.05) is 54.8 Å². The van der Waals surface area contributed by atoms with Crippen LogP contribution in [0.15, 0.2) is 28.7 Å². The van der Waals surface area contributed by atoms with Crippen molar-refractivity contribution >= 4 is 15.9 Å². The molecule has 16 heavy (non-hydrogen) atoms. The van der Waals surface area contributed by atoms with Crippen LogP contribution < -0.4 is 5.32 Å². The highest BCUT2D eigenvalue weighted by Crippen LogP contribution is 2.18. The minimum absolute atomic E-state index is 0.429. The predicted octanol–water partition coefficient (Wildman–Crippen LogP) is 4.54. The Kier molecular flexibility index (Phi) is 6.07. The summed E-state index contributed by atoms with van der Waals surface area (Å²) in [6.07, 6.45) is 2.52. The van der Waals surface area contributed by atoms with E-state index in [0.717, 1.165) is 16.9 Å². The largest absolute Gasteiger partial charge is 0.310 e. The molecule has 0 spiro atoms. The van der Waals surface area contributed by atoms with Crippen molar-refractivity contribution in [2.75, 3.05) is 6.54 Å². The van der Waals surface area contributed by atoms with E-state index >= 15 is 0 Å². The quantitative estimate of drug-likeness (QED) is 0.809. The summed E-state index contributed by atoms with van der Waals surface area (Å²) < 4.78 is 1.15. The second-order valence-corrected chi connectivity index (χ2v) is 5.28. The third-order valence-corrected chi connectivity index (χ3v) is 3.71. The van der Waals surface area contributed by atoms with Crippen LogP contribution in [-0.4, -0.2) is 6.54 Å². The molecule has 1 atom stereocenters. The normalized spacial score (nSPS) is 13.1. The fraction of sp³-hybridized carbons (Fsp3) is 0.571. The number of halogens is 1. The first kappa shape index (κ1) is 13.7. The first-order valence-electron chi connectivity index (χ1n) is 6.16. The maximum absolute atomic E-state index is 3.61. The molecule has 0 aromatic heterocycles. The van der Waals surface area contributed by atoms with Crippen LogP contribution >= 0.6 is 15.9 Å². The SMILES string of the molecule is CCC(CC)CN[C@H](C)c1cccc(Br)c1. The molecule has 0 saturated carbocycles. The second kappa shape index (κ2) is 7.08. The summed E-state index contributed by atoms with van der Waals surface area (Å²) >= 11 is 3.51. The predicted molar refractivity (Wildman–Crippen MR) is 74.6 cm³/mol. The highest BCUT2D eigenvalue weighted by atomic mass is 79.9. The third-order valence-electron chi connectivity index (χ3n) is 3.22. The van der Waals surface area contributed by atoms with Gasteiger partial charge in [0.05, 0.1) is 0 Å². The smallest absolute Gasteiger partial charge is 0.0292 e. The summed E-state index contributed by atoms with van der Waals surface area (Å²) in [5, 5.41) is 3.61. The van der Waals surface area contributed by atoms with E-state index in [-0.39, 0.29) is 0 Å². The van der Waals surface area contributed by atoms with Gasteiger partial charge in [-0.2, -0.15) is 0 Å². The molecular formula is C14H22BrN. The number of hydrogen-bond donors (Lipinski definition) is 1. The highest BCUT2D eigenvalue weighted by molar-refractivity contribution is 9.10. The summed E-state index contributed by atoms with van der Waals surface area (Å²) in [5.41, 5.74) is 1.35. The Morgan fingerprint density at radius 2 is 1.94 bits per heavy atom. The summed E-state index contributed by atoms with van der Waals surface area (Å²) in [7, 11) is 0. The number of rotatable bonds is 6. The lowest BCUT2D eigenvalue weighted by atomic mass is 10.0. The van der Waals surface area contributed by atoms with Crippen LogP contribution in [-0.2, 0) is 0 Å². The van der Waals surface area contributed by atoms with E-state index < -0.39 is 0 Å². The molecule has 0 saturated heterocycles. The van der Waals surface area contributed by atoms with Crippen LogP contribution in [0.4, 0.5) is 0 Å². The van der Waals surface area contributed by atoms with E-state index in [1.165, 1.54) is 18.4 Å². The summed E-state index contributed by atoms with van der Waals surface area (Å²) in [4.78, 5) is 0. The van der Waals surface area contributed by atoms with Gasteiger partial charge in [0.15, 0.2) is 0 Å². The molecule has 0 aliphatic carbocycles.